The first-order valence-corrected chi connectivity index (χ1v) is 5.62. The molecule has 3 rings (SSSR count). The standard InChI is InChI=1S/C9H4FNO4S/c10-7-5-3-1-2-4-6(5)8-11-9(7)15-16(12,13)14-8/h1-4H. The zero-order chi connectivity index (χ0) is 11.3. The number of pyridine rings is 1. The molecule has 0 unspecified atom stereocenters. The number of hydrogen-bond donors (Lipinski definition) is 0. The molecule has 0 fully saturated rings. The number of nitrogens with zero attached hydrogens (tertiary/aromatic N) is 1. The van der Waals surface area contributed by atoms with Crippen LogP contribution in [0.15, 0.2) is 24.3 Å². The first-order chi connectivity index (χ1) is 7.57. The van der Waals surface area contributed by atoms with Gasteiger partial charge in [-0.1, -0.05) is 18.2 Å². The van der Waals surface area contributed by atoms with Crippen molar-refractivity contribution in [1.29, 1.82) is 0 Å². The average molecular weight is 241 g/mol. The summed E-state index contributed by atoms with van der Waals surface area (Å²) in [5.74, 6) is -1.57. The van der Waals surface area contributed by atoms with Crippen LogP contribution in [0, 0.1) is 5.82 Å². The van der Waals surface area contributed by atoms with Crippen LogP contribution in [0.5, 0.6) is 11.8 Å². The number of aromatic nitrogens is 1. The Hall–Kier alpha value is -1.89. The Bertz CT molecular complexity index is 698. The normalized spacial score (nSPS) is 16.6. The van der Waals surface area contributed by atoms with Gasteiger partial charge in [0.1, 0.15) is 0 Å². The van der Waals surface area contributed by atoms with E-state index in [2.05, 4.69) is 13.4 Å². The van der Waals surface area contributed by atoms with Crippen LogP contribution < -0.4 is 8.37 Å². The van der Waals surface area contributed by atoms with Crippen molar-refractivity contribution in [1.82, 2.24) is 4.98 Å². The maximum absolute atomic E-state index is 13.7. The van der Waals surface area contributed by atoms with E-state index in [-0.39, 0.29) is 16.7 Å². The van der Waals surface area contributed by atoms with Gasteiger partial charge in [0.05, 0.1) is 0 Å². The van der Waals surface area contributed by atoms with Gasteiger partial charge in [-0.25, -0.2) is 4.39 Å². The van der Waals surface area contributed by atoms with Gasteiger partial charge in [0.25, 0.3) is 5.88 Å². The molecule has 2 bridgehead atoms. The van der Waals surface area contributed by atoms with Crippen molar-refractivity contribution in [3.05, 3.63) is 30.1 Å². The summed E-state index contributed by atoms with van der Waals surface area (Å²) in [5, 5.41) is 0.494. The fourth-order valence-electron chi connectivity index (χ4n) is 1.51. The van der Waals surface area contributed by atoms with E-state index in [4.69, 9.17) is 0 Å². The Balaban J connectivity index is 2.46. The summed E-state index contributed by atoms with van der Waals surface area (Å²) in [6.45, 7) is 0. The molecule has 0 spiro atoms. The molecule has 82 valence electrons. The van der Waals surface area contributed by atoms with Crippen LogP contribution in [0.25, 0.3) is 10.8 Å². The monoisotopic (exact) mass is 241 g/mol. The molecule has 1 aliphatic heterocycles. The summed E-state index contributed by atoms with van der Waals surface area (Å²) >= 11 is 0. The number of benzene rings is 1. The quantitative estimate of drug-likeness (QED) is 0.697. The molecule has 2 aromatic rings. The van der Waals surface area contributed by atoms with Gasteiger partial charge >= 0.3 is 10.4 Å². The van der Waals surface area contributed by atoms with E-state index in [9.17, 15) is 12.8 Å². The fourth-order valence-corrected chi connectivity index (χ4v) is 2.17. The predicted octanol–water partition coefficient (Wildman–Crippen LogP) is 1.39. The lowest BCUT2D eigenvalue weighted by molar-refractivity contribution is 0.347. The number of rotatable bonds is 0. The zero-order valence-electron chi connectivity index (χ0n) is 7.68. The third-order valence-corrected chi connectivity index (χ3v) is 2.87. The van der Waals surface area contributed by atoms with Gasteiger partial charge in [-0.2, -0.15) is 4.98 Å². The number of halogens is 1. The van der Waals surface area contributed by atoms with Crippen LogP contribution in [0.1, 0.15) is 0 Å². The molecule has 0 N–H and O–H groups in total. The minimum Gasteiger partial charge on any atom is -0.331 e. The summed E-state index contributed by atoms with van der Waals surface area (Å²) in [6, 6.07) is 6.26. The highest BCUT2D eigenvalue weighted by atomic mass is 32.3. The average Bonchev–Trinajstić information content (AvgIpc) is 2.24. The molecular weight excluding hydrogens is 237 g/mol. The van der Waals surface area contributed by atoms with Crippen LogP contribution in [0.2, 0.25) is 0 Å². The van der Waals surface area contributed by atoms with E-state index in [0.29, 0.717) is 0 Å². The smallest absolute Gasteiger partial charge is 0.331 e. The molecule has 1 aromatic carbocycles. The van der Waals surface area contributed by atoms with Gasteiger partial charge in [0.2, 0.25) is 5.88 Å². The fraction of sp³-hybridized carbons (Fsp3) is 0. The predicted molar refractivity (Wildman–Crippen MR) is 51.9 cm³/mol. The van der Waals surface area contributed by atoms with Gasteiger partial charge in [0.15, 0.2) is 5.82 Å². The second kappa shape index (κ2) is 2.82. The molecule has 0 saturated heterocycles. The zero-order valence-corrected chi connectivity index (χ0v) is 8.49. The lowest BCUT2D eigenvalue weighted by atomic mass is 10.1. The third kappa shape index (κ3) is 1.21. The maximum atomic E-state index is 13.7. The Labute approximate surface area is 89.8 Å². The number of hydrogen-bond acceptors (Lipinski definition) is 5. The van der Waals surface area contributed by atoms with E-state index in [1.165, 1.54) is 12.1 Å². The van der Waals surface area contributed by atoms with Crippen LogP contribution in [-0.2, 0) is 10.4 Å². The molecule has 0 saturated carbocycles. The molecule has 0 aliphatic carbocycles. The van der Waals surface area contributed by atoms with Crippen molar-refractivity contribution in [3.8, 4) is 11.8 Å². The Morgan fingerprint density at radius 2 is 1.69 bits per heavy atom. The van der Waals surface area contributed by atoms with Gasteiger partial charge < -0.3 is 8.37 Å². The first kappa shape index (κ1) is 9.34. The minimum absolute atomic E-state index is 0.168. The SMILES string of the molecule is O=S1(=O)Oc2nc(c3ccccc3c2F)O1. The second-order valence-electron chi connectivity index (χ2n) is 3.16. The van der Waals surface area contributed by atoms with E-state index in [1.807, 2.05) is 0 Å². The van der Waals surface area contributed by atoms with Gasteiger partial charge in [-0.15, -0.1) is 8.42 Å². The summed E-state index contributed by atoms with van der Waals surface area (Å²) in [7, 11) is -4.25. The van der Waals surface area contributed by atoms with Crippen LogP contribution in [0.3, 0.4) is 0 Å². The van der Waals surface area contributed by atoms with E-state index in [1.54, 1.807) is 12.1 Å². The van der Waals surface area contributed by atoms with Crippen molar-refractivity contribution >= 4 is 21.2 Å². The van der Waals surface area contributed by atoms with Crippen LogP contribution >= 0.6 is 0 Å². The van der Waals surface area contributed by atoms with Gasteiger partial charge in [0, 0.05) is 10.8 Å². The lowest BCUT2D eigenvalue weighted by Crippen LogP contribution is -2.23. The summed E-state index contributed by atoms with van der Waals surface area (Å²) in [5.41, 5.74) is 0. The molecule has 0 radical (unpaired) electrons. The third-order valence-electron chi connectivity index (χ3n) is 2.15. The Morgan fingerprint density at radius 3 is 2.44 bits per heavy atom. The van der Waals surface area contributed by atoms with Crippen molar-refractivity contribution in [3.63, 3.8) is 0 Å². The topological polar surface area (TPSA) is 65.5 Å². The van der Waals surface area contributed by atoms with Crippen LogP contribution in [-0.4, -0.2) is 13.4 Å². The highest BCUT2D eigenvalue weighted by Gasteiger charge is 2.29. The molecular formula is C9H4FNO4S. The highest BCUT2D eigenvalue weighted by Crippen LogP contribution is 2.35. The molecule has 5 nitrogen and oxygen atoms in total. The van der Waals surface area contributed by atoms with Crippen LogP contribution in [0.4, 0.5) is 4.39 Å². The van der Waals surface area contributed by atoms with Crippen molar-refractivity contribution in [2.45, 2.75) is 0 Å². The maximum Gasteiger partial charge on any atom is 0.504 e. The van der Waals surface area contributed by atoms with Crippen molar-refractivity contribution in [2.24, 2.45) is 0 Å². The highest BCUT2D eigenvalue weighted by molar-refractivity contribution is 7.82. The summed E-state index contributed by atoms with van der Waals surface area (Å²) in [6.07, 6.45) is 0. The molecule has 0 amide bonds. The van der Waals surface area contributed by atoms with Gasteiger partial charge in [-0.3, -0.25) is 0 Å². The van der Waals surface area contributed by atoms with Crippen molar-refractivity contribution < 1.29 is 21.2 Å². The Kier molecular flexibility index (Phi) is 1.65. The van der Waals surface area contributed by atoms with Gasteiger partial charge in [-0.05, 0) is 6.07 Å². The lowest BCUT2D eigenvalue weighted by Gasteiger charge is -2.15. The minimum atomic E-state index is -4.25. The molecule has 1 aliphatic rings. The number of fused-ring (bicyclic) bond motifs is 4. The van der Waals surface area contributed by atoms with E-state index >= 15 is 0 Å². The largest absolute Gasteiger partial charge is 0.504 e. The molecule has 2 heterocycles. The second-order valence-corrected chi connectivity index (χ2v) is 4.31. The van der Waals surface area contributed by atoms with E-state index in [0.717, 1.165) is 0 Å². The molecule has 0 atom stereocenters. The first-order valence-electron chi connectivity index (χ1n) is 4.29. The molecule has 1 aromatic heterocycles. The Morgan fingerprint density at radius 1 is 1.06 bits per heavy atom. The summed E-state index contributed by atoms with van der Waals surface area (Å²) < 4.78 is 44.7. The molecule has 7 heteroatoms. The summed E-state index contributed by atoms with van der Waals surface area (Å²) in [4.78, 5) is 3.60. The molecule has 16 heavy (non-hydrogen) atoms. The van der Waals surface area contributed by atoms with E-state index < -0.39 is 22.1 Å². The van der Waals surface area contributed by atoms with Crippen molar-refractivity contribution in [2.75, 3.05) is 0 Å².